The molecule has 9 heteroatoms. The quantitative estimate of drug-likeness (QED) is 0.578. The Kier molecular flexibility index (Phi) is 6.45. The molecule has 0 saturated carbocycles. The van der Waals surface area contributed by atoms with E-state index in [1.807, 2.05) is 22.3 Å². The van der Waals surface area contributed by atoms with Crippen molar-refractivity contribution in [3.05, 3.63) is 34.5 Å². The van der Waals surface area contributed by atoms with Gasteiger partial charge in [0.05, 0.1) is 25.3 Å². The topological polar surface area (TPSA) is 79.8 Å². The van der Waals surface area contributed by atoms with Crippen molar-refractivity contribution in [2.24, 2.45) is 0 Å². The lowest BCUT2D eigenvalue weighted by molar-refractivity contribution is 0.208. The summed E-state index contributed by atoms with van der Waals surface area (Å²) in [5.41, 5.74) is 2.08. The fraction of sp³-hybridized carbons (Fsp3) is 0.480. The number of piperazine rings is 1. The highest BCUT2D eigenvalue weighted by atomic mass is 32.1. The number of methoxy groups -OCH3 is 2. The highest BCUT2D eigenvalue weighted by molar-refractivity contribution is 7.19. The van der Waals surface area contributed by atoms with Crippen LogP contribution in [0.25, 0.3) is 10.2 Å². The van der Waals surface area contributed by atoms with Gasteiger partial charge in [0.15, 0.2) is 0 Å². The van der Waals surface area contributed by atoms with Crippen molar-refractivity contribution in [1.29, 1.82) is 0 Å². The second-order valence-electron chi connectivity index (χ2n) is 8.68. The van der Waals surface area contributed by atoms with Crippen LogP contribution in [0.2, 0.25) is 0 Å². The van der Waals surface area contributed by atoms with E-state index in [9.17, 15) is 4.79 Å². The zero-order valence-electron chi connectivity index (χ0n) is 20.0. The van der Waals surface area contributed by atoms with Gasteiger partial charge in [-0.05, 0) is 43.4 Å². The zero-order valence-corrected chi connectivity index (χ0v) is 20.8. The Morgan fingerprint density at radius 3 is 2.62 bits per heavy atom. The molecule has 180 valence electrons. The summed E-state index contributed by atoms with van der Waals surface area (Å²) in [4.78, 5) is 29.6. The summed E-state index contributed by atoms with van der Waals surface area (Å²) in [5.74, 6) is 3.21. The first-order valence-electron chi connectivity index (χ1n) is 11.9. The number of hydrogen-bond donors (Lipinski definition) is 1. The standard InChI is InChI=1S/C25H31N5O3S/c1-4-21-27-23(22-17-7-5-6-8-20(17)34-24(22)28-21)29-11-13-30(14-12-29)25(31)26-18-10-9-16(32-2)15-19(18)33-3/h9-10,15H,4-8,11-14H2,1-3H3,(H,26,31). The van der Waals surface area contributed by atoms with Crippen molar-refractivity contribution in [2.45, 2.75) is 39.0 Å². The Labute approximate surface area is 203 Å². The minimum absolute atomic E-state index is 0.127. The van der Waals surface area contributed by atoms with Crippen LogP contribution in [-0.4, -0.2) is 61.3 Å². The van der Waals surface area contributed by atoms with Crippen LogP contribution in [0.15, 0.2) is 18.2 Å². The summed E-state index contributed by atoms with van der Waals surface area (Å²) in [7, 11) is 3.19. The predicted molar refractivity (Wildman–Crippen MR) is 136 cm³/mol. The number of aryl methyl sites for hydroxylation is 3. The molecular formula is C25H31N5O3S. The van der Waals surface area contributed by atoms with E-state index in [0.29, 0.717) is 30.3 Å². The number of fused-ring (bicyclic) bond motifs is 3. The molecule has 1 fully saturated rings. The first-order chi connectivity index (χ1) is 16.6. The molecule has 1 aliphatic carbocycles. The van der Waals surface area contributed by atoms with Crippen molar-refractivity contribution >= 4 is 39.1 Å². The number of hydrogen-bond acceptors (Lipinski definition) is 7. The van der Waals surface area contributed by atoms with E-state index in [-0.39, 0.29) is 6.03 Å². The smallest absolute Gasteiger partial charge is 0.322 e. The molecule has 0 bridgehead atoms. The van der Waals surface area contributed by atoms with Crippen molar-refractivity contribution in [3.8, 4) is 11.5 Å². The average Bonchev–Trinajstić information content (AvgIpc) is 3.27. The Morgan fingerprint density at radius 2 is 1.88 bits per heavy atom. The van der Waals surface area contributed by atoms with Crippen LogP contribution in [0.3, 0.4) is 0 Å². The van der Waals surface area contributed by atoms with Gasteiger partial charge in [-0.3, -0.25) is 0 Å². The van der Waals surface area contributed by atoms with Gasteiger partial charge in [0.1, 0.15) is 28.0 Å². The molecule has 0 radical (unpaired) electrons. The largest absolute Gasteiger partial charge is 0.497 e. The van der Waals surface area contributed by atoms with Gasteiger partial charge in [-0.2, -0.15) is 0 Å². The van der Waals surface area contributed by atoms with Crippen LogP contribution < -0.4 is 19.7 Å². The number of amides is 2. The monoisotopic (exact) mass is 481 g/mol. The van der Waals surface area contributed by atoms with Crippen LogP contribution in [0.5, 0.6) is 11.5 Å². The van der Waals surface area contributed by atoms with E-state index in [1.165, 1.54) is 28.7 Å². The Hall–Kier alpha value is -3.07. The molecule has 1 aliphatic heterocycles. The second-order valence-corrected chi connectivity index (χ2v) is 9.76. The molecular weight excluding hydrogens is 450 g/mol. The third-order valence-corrected chi connectivity index (χ3v) is 7.86. The molecule has 1 aromatic carbocycles. The van der Waals surface area contributed by atoms with Gasteiger partial charge in [-0.15, -0.1) is 11.3 Å². The minimum Gasteiger partial charge on any atom is -0.497 e. The Morgan fingerprint density at radius 1 is 1.09 bits per heavy atom. The lowest BCUT2D eigenvalue weighted by Gasteiger charge is -2.36. The number of benzene rings is 1. The van der Waals surface area contributed by atoms with Crippen molar-refractivity contribution in [1.82, 2.24) is 14.9 Å². The molecule has 0 unspecified atom stereocenters. The SMILES string of the molecule is CCc1nc(N2CCN(C(=O)Nc3ccc(OC)cc3OC)CC2)c2c3c(sc2n1)CCCC3. The van der Waals surface area contributed by atoms with E-state index in [2.05, 4.69) is 17.1 Å². The molecule has 0 spiro atoms. The number of anilines is 2. The first-order valence-corrected chi connectivity index (χ1v) is 12.8. The number of carbonyl (C=O) groups excluding carboxylic acids is 1. The number of rotatable bonds is 5. The van der Waals surface area contributed by atoms with Crippen LogP contribution in [-0.2, 0) is 19.3 Å². The number of thiophene rings is 1. The van der Waals surface area contributed by atoms with Gasteiger partial charge in [0.25, 0.3) is 0 Å². The maximum Gasteiger partial charge on any atom is 0.322 e. The highest BCUT2D eigenvalue weighted by Gasteiger charge is 2.27. The average molecular weight is 482 g/mol. The molecule has 0 atom stereocenters. The summed E-state index contributed by atoms with van der Waals surface area (Å²) in [6.07, 6.45) is 5.58. The van der Waals surface area contributed by atoms with Gasteiger partial charge >= 0.3 is 6.03 Å². The van der Waals surface area contributed by atoms with Crippen LogP contribution in [0.1, 0.15) is 36.0 Å². The third-order valence-electron chi connectivity index (χ3n) is 6.67. The predicted octanol–water partition coefficient (Wildman–Crippen LogP) is 4.50. The van der Waals surface area contributed by atoms with Crippen LogP contribution in [0, 0.1) is 0 Å². The summed E-state index contributed by atoms with van der Waals surface area (Å²) >= 11 is 1.85. The van der Waals surface area contributed by atoms with E-state index < -0.39 is 0 Å². The molecule has 1 N–H and O–H groups in total. The van der Waals surface area contributed by atoms with Gasteiger partial charge in [-0.25, -0.2) is 14.8 Å². The number of carbonyl (C=O) groups is 1. The lowest BCUT2D eigenvalue weighted by atomic mass is 9.97. The van der Waals surface area contributed by atoms with Gasteiger partial charge < -0.3 is 24.6 Å². The molecule has 1 saturated heterocycles. The van der Waals surface area contributed by atoms with E-state index in [4.69, 9.17) is 19.4 Å². The molecule has 2 aromatic heterocycles. The fourth-order valence-corrected chi connectivity index (χ4v) is 6.06. The van der Waals surface area contributed by atoms with E-state index in [1.54, 1.807) is 26.4 Å². The summed E-state index contributed by atoms with van der Waals surface area (Å²) in [5, 5.41) is 4.23. The van der Waals surface area contributed by atoms with Crippen molar-refractivity contribution in [3.63, 3.8) is 0 Å². The maximum atomic E-state index is 13.0. The van der Waals surface area contributed by atoms with Crippen molar-refractivity contribution < 1.29 is 14.3 Å². The number of ether oxygens (including phenoxy) is 2. The van der Waals surface area contributed by atoms with Crippen molar-refractivity contribution in [2.75, 3.05) is 50.6 Å². The Balaban J connectivity index is 1.33. The van der Waals surface area contributed by atoms with Gasteiger partial charge in [0, 0.05) is 43.5 Å². The number of nitrogens with zero attached hydrogens (tertiary/aromatic N) is 4. The fourth-order valence-electron chi connectivity index (χ4n) is 4.79. The second kappa shape index (κ2) is 9.66. The van der Waals surface area contributed by atoms with Crippen LogP contribution in [0.4, 0.5) is 16.3 Å². The summed E-state index contributed by atoms with van der Waals surface area (Å²) < 4.78 is 10.7. The number of urea groups is 1. The number of aromatic nitrogens is 2. The van der Waals surface area contributed by atoms with Gasteiger partial charge in [-0.1, -0.05) is 6.92 Å². The Bertz CT molecular complexity index is 1200. The molecule has 2 aliphatic rings. The number of nitrogens with one attached hydrogen (secondary N) is 1. The van der Waals surface area contributed by atoms with Gasteiger partial charge in [0.2, 0.25) is 0 Å². The lowest BCUT2D eigenvalue weighted by Crippen LogP contribution is -2.50. The maximum absolute atomic E-state index is 13.0. The first kappa shape index (κ1) is 22.7. The minimum atomic E-state index is -0.127. The molecule has 3 aromatic rings. The third kappa shape index (κ3) is 4.24. The highest BCUT2D eigenvalue weighted by Crippen LogP contribution is 2.40. The zero-order chi connectivity index (χ0) is 23.7. The molecule has 34 heavy (non-hydrogen) atoms. The van der Waals surface area contributed by atoms with E-state index >= 15 is 0 Å². The summed E-state index contributed by atoms with van der Waals surface area (Å²) in [6.45, 7) is 4.85. The molecule has 2 amide bonds. The summed E-state index contributed by atoms with van der Waals surface area (Å²) in [6, 6.07) is 5.25. The molecule has 3 heterocycles. The molecule has 8 nitrogen and oxygen atoms in total. The normalized spacial score (nSPS) is 15.9. The van der Waals surface area contributed by atoms with E-state index in [0.717, 1.165) is 48.8 Å². The van der Waals surface area contributed by atoms with Crippen LogP contribution >= 0.6 is 11.3 Å². The molecule has 5 rings (SSSR count).